The van der Waals surface area contributed by atoms with E-state index in [0.717, 1.165) is 12.8 Å². The standard InChI is InChI=1S/C12H14N2O4S/c1-6-5-19-11-8(13-18-4-7-2-3-7)10(15)14(11)9(6)12(16)17/h7,11H,2-5H2,1H3,(H,16,17)/b13-8-/t11-/m1/s1. The molecule has 3 aliphatic rings. The zero-order valence-electron chi connectivity index (χ0n) is 10.5. The van der Waals surface area contributed by atoms with Gasteiger partial charge in [-0.3, -0.25) is 9.69 Å². The average Bonchev–Trinajstić information content (AvgIpc) is 3.18. The summed E-state index contributed by atoms with van der Waals surface area (Å²) in [5.74, 6) is -0.247. The minimum absolute atomic E-state index is 0.0925. The van der Waals surface area contributed by atoms with E-state index in [1.165, 1.54) is 16.7 Å². The summed E-state index contributed by atoms with van der Waals surface area (Å²) < 4.78 is 0. The lowest BCUT2D eigenvalue weighted by Crippen LogP contribution is -2.62. The second kappa shape index (κ2) is 4.56. The monoisotopic (exact) mass is 282 g/mol. The Bertz CT molecular complexity index is 510. The van der Waals surface area contributed by atoms with Crippen LogP contribution in [0.1, 0.15) is 19.8 Å². The van der Waals surface area contributed by atoms with E-state index >= 15 is 0 Å². The van der Waals surface area contributed by atoms with Crippen LogP contribution in [0.5, 0.6) is 0 Å². The molecule has 0 aromatic heterocycles. The van der Waals surface area contributed by atoms with Gasteiger partial charge in [0.2, 0.25) is 0 Å². The Kier molecular flexibility index (Phi) is 3.00. The van der Waals surface area contributed by atoms with Gasteiger partial charge in [-0.05, 0) is 31.3 Å². The Hall–Kier alpha value is -1.50. The molecule has 2 aliphatic heterocycles. The SMILES string of the molecule is CC1=C(C(=O)O)N2C(=O)/C(=N/OCC3CC3)[C@H]2SC1. The third-order valence-corrected chi connectivity index (χ3v) is 4.73. The van der Waals surface area contributed by atoms with E-state index in [-0.39, 0.29) is 17.0 Å². The zero-order chi connectivity index (χ0) is 13.6. The van der Waals surface area contributed by atoms with Crippen LogP contribution in [0.3, 0.4) is 0 Å². The largest absolute Gasteiger partial charge is 0.477 e. The zero-order valence-corrected chi connectivity index (χ0v) is 11.3. The fraction of sp³-hybridized carbons (Fsp3) is 0.583. The third-order valence-electron chi connectivity index (χ3n) is 3.38. The molecular weight excluding hydrogens is 268 g/mol. The quantitative estimate of drug-likeness (QED) is 0.615. The number of oxime groups is 1. The summed E-state index contributed by atoms with van der Waals surface area (Å²) in [6.07, 6.45) is 2.32. The smallest absolute Gasteiger partial charge is 0.352 e. The average molecular weight is 282 g/mol. The number of nitrogens with zero attached hydrogens (tertiary/aromatic N) is 2. The highest BCUT2D eigenvalue weighted by molar-refractivity contribution is 8.01. The Labute approximate surface area is 114 Å². The molecule has 1 atom stereocenters. The molecule has 6 nitrogen and oxygen atoms in total. The lowest BCUT2D eigenvalue weighted by Gasteiger charge is -2.43. The van der Waals surface area contributed by atoms with Crippen molar-refractivity contribution in [2.24, 2.45) is 11.1 Å². The Morgan fingerprint density at radius 1 is 1.58 bits per heavy atom. The van der Waals surface area contributed by atoms with Gasteiger partial charge in [0.1, 0.15) is 17.7 Å². The second-order valence-electron chi connectivity index (χ2n) is 4.99. The van der Waals surface area contributed by atoms with E-state index in [4.69, 9.17) is 9.94 Å². The van der Waals surface area contributed by atoms with E-state index in [1.807, 2.05) is 0 Å². The fourth-order valence-corrected chi connectivity index (χ4v) is 3.30. The van der Waals surface area contributed by atoms with Gasteiger partial charge in [-0.25, -0.2) is 4.79 Å². The van der Waals surface area contributed by atoms with Crippen LogP contribution in [-0.2, 0) is 14.4 Å². The molecule has 19 heavy (non-hydrogen) atoms. The topological polar surface area (TPSA) is 79.2 Å². The van der Waals surface area contributed by atoms with Gasteiger partial charge in [0.05, 0.1) is 0 Å². The maximum Gasteiger partial charge on any atom is 0.352 e. The van der Waals surface area contributed by atoms with Crippen LogP contribution in [-0.4, -0.2) is 45.3 Å². The van der Waals surface area contributed by atoms with Crippen molar-refractivity contribution in [3.05, 3.63) is 11.3 Å². The molecule has 0 radical (unpaired) electrons. The summed E-state index contributed by atoms with van der Waals surface area (Å²) in [5.41, 5.74) is 1.13. The van der Waals surface area contributed by atoms with Crippen molar-refractivity contribution in [2.45, 2.75) is 25.1 Å². The molecular formula is C12H14N2O4S. The lowest BCUT2D eigenvalue weighted by atomic mass is 10.1. The summed E-state index contributed by atoms with van der Waals surface area (Å²) in [6.45, 7) is 2.29. The summed E-state index contributed by atoms with van der Waals surface area (Å²) in [7, 11) is 0. The highest BCUT2D eigenvalue weighted by Gasteiger charge is 2.51. The number of aliphatic carboxylic acids is 1. The molecule has 1 saturated heterocycles. The summed E-state index contributed by atoms with van der Waals surface area (Å²) in [6, 6.07) is 0. The van der Waals surface area contributed by atoms with Crippen LogP contribution in [0, 0.1) is 5.92 Å². The van der Waals surface area contributed by atoms with Crippen LogP contribution >= 0.6 is 11.8 Å². The predicted octanol–water partition coefficient (Wildman–Crippen LogP) is 1.04. The Morgan fingerprint density at radius 2 is 2.32 bits per heavy atom. The molecule has 1 saturated carbocycles. The van der Waals surface area contributed by atoms with Crippen LogP contribution in [0.2, 0.25) is 0 Å². The number of β-lactam (4-membered cyclic amide) rings is 1. The molecule has 7 heteroatoms. The number of hydrogen-bond acceptors (Lipinski definition) is 5. The summed E-state index contributed by atoms with van der Waals surface area (Å²) in [5, 5.41) is 12.7. The Morgan fingerprint density at radius 3 is 2.95 bits per heavy atom. The number of amides is 1. The number of hydrogen-bond donors (Lipinski definition) is 1. The number of carbonyl (C=O) groups excluding carboxylic acids is 1. The maximum absolute atomic E-state index is 12.0. The van der Waals surface area contributed by atoms with Gasteiger partial charge in [-0.2, -0.15) is 0 Å². The number of rotatable bonds is 4. The fourth-order valence-electron chi connectivity index (χ4n) is 2.11. The number of carbonyl (C=O) groups is 2. The molecule has 1 N–H and O–H groups in total. The molecule has 0 unspecified atom stereocenters. The lowest BCUT2D eigenvalue weighted by molar-refractivity contribution is -0.139. The molecule has 3 rings (SSSR count). The molecule has 0 aromatic rings. The van der Waals surface area contributed by atoms with Crippen molar-refractivity contribution in [3.63, 3.8) is 0 Å². The molecule has 0 bridgehead atoms. The molecule has 2 fully saturated rings. The van der Waals surface area contributed by atoms with Crippen molar-refractivity contribution in [3.8, 4) is 0 Å². The predicted molar refractivity (Wildman–Crippen MR) is 69.5 cm³/mol. The van der Waals surface area contributed by atoms with Gasteiger partial charge in [0.25, 0.3) is 5.91 Å². The highest BCUT2D eigenvalue weighted by Crippen LogP contribution is 2.38. The molecule has 1 amide bonds. The van der Waals surface area contributed by atoms with E-state index in [1.54, 1.807) is 6.92 Å². The van der Waals surface area contributed by atoms with E-state index in [9.17, 15) is 9.59 Å². The van der Waals surface area contributed by atoms with Crippen LogP contribution in [0.15, 0.2) is 16.4 Å². The van der Waals surface area contributed by atoms with Crippen molar-refractivity contribution in [1.29, 1.82) is 0 Å². The van der Waals surface area contributed by atoms with Crippen molar-refractivity contribution >= 4 is 29.4 Å². The van der Waals surface area contributed by atoms with Gasteiger partial charge in [-0.15, -0.1) is 11.8 Å². The van der Waals surface area contributed by atoms with E-state index < -0.39 is 5.97 Å². The van der Waals surface area contributed by atoms with Gasteiger partial charge < -0.3 is 9.94 Å². The Balaban J connectivity index is 1.73. The van der Waals surface area contributed by atoms with Crippen molar-refractivity contribution in [2.75, 3.05) is 12.4 Å². The first kappa shape index (κ1) is 12.5. The summed E-state index contributed by atoms with van der Waals surface area (Å²) >= 11 is 1.50. The van der Waals surface area contributed by atoms with Crippen LogP contribution in [0.25, 0.3) is 0 Å². The number of thioether (sulfide) groups is 1. The van der Waals surface area contributed by atoms with Gasteiger partial charge in [0, 0.05) is 5.75 Å². The molecule has 102 valence electrons. The molecule has 0 spiro atoms. The van der Waals surface area contributed by atoms with Crippen LogP contribution < -0.4 is 0 Å². The summed E-state index contributed by atoms with van der Waals surface area (Å²) in [4.78, 5) is 29.6. The second-order valence-corrected chi connectivity index (χ2v) is 6.06. The van der Waals surface area contributed by atoms with Gasteiger partial charge in [-0.1, -0.05) is 5.16 Å². The van der Waals surface area contributed by atoms with E-state index in [2.05, 4.69) is 5.16 Å². The number of carboxylic acid groups (broad SMARTS) is 1. The maximum atomic E-state index is 12.0. The first-order valence-corrected chi connectivity index (χ1v) is 7.22. The molecule has 2 heterocycles. The van der Waals surface area contributed by atoms with E-state index in [0.29, 0.717) is 29.6 Å². The van der Waals surface area contributed by atoms with Crippen molar-refractivity contribution < 1.29 is 19.5 Å². The highest BCUT2D eigenvalue weighted by atomic mass is 32.2. The van der Waals surface area contributed by atoms with Crippen LogP contribution in [0.4, 0.5) is 0 Å². The molecule has 1 aliphatic carbocycles. The minimum Gasteiger partial charge on any atom is -0.477 e. The molecule has 0 aromatic carbocycles. The van der Waals surface area contributed by atoms with Crippen molar-refractivity contribution in [1.82, 2.24) is 4.90 Å². The van der Waals surface area contributed by atoms with Gasteiger partial charge >= 0.3 is 5.97 Å². The first-order valence-electron chi connectivity index (χ1n) is 6.17. The van der Waals surface area contributed by atoms with Gasteiger partial charge in [0.15, 0.2) is 5.71 Å². The first-order chi connectivity index (χ1) is 9.09. The minimum atomic E-state index is -1.06. The normalized spacial score (nSPS) is 28.3. The third kappa shape index (κ3) is 2.11. The number of carboxylic acids is 1. The number of fused-ring (bicyclic) bond motifs is 1.